The molecule has 1 unspecified atom stereocenters. The Hall–Kier alpha value is -1.57. The van der Waals surface area contributed by atoms with Gasteiger partial charge in [-0.1, -0.05) is 18.2 Å². The summed E-state index contributed by atoms with van der Waals surface area (Å²) in [5.74, 6) is -0.454. The number of benzene rings is 2. The van der Waals surface area contributed by atoms with Crippen molar-refractivity contribution >= 4 is 33.2 Å². The molecule has 0 aromatic heterocycles. The minimum Gasteiger partial charge on any atom is -0.320 e. The maximum Gasteiger partial charge on any atom is 0.252 e. The number of halogens is 1. The van der Waals surface area contributed by atoms with Gasteiger partial charge in [-0.3, -0.25) is 0 Å². The molecule has 3 rings (SSSR count). The normalized spacial score (nSPS) is 19.1. The Kier molecular flexibility index (Phi) is 5.12. The fraction of sp³-hybridized carbons (Fsp3) is 0.294. The number of fused-ring (bicyclic) bond motifs is 1. The van der Waals surface area contributed by atoms with E-state index >= 15 is 0 Å². The number of hydrogen-bond donors (Lipinski definition) is 1. The van der Waals surface area contributed by atoms with Gasteiger partial charge in [0.1, 0.15) is 10.4 Å². The minimum absolute atomic E-state index is 0.335. The van der Waals surface area contributed by atoms with Gasteiger partial charge in [-0.05, 0) is 56.8 Å². The maximum absolute atomic E-state index is 13.7. The Morgan fingerprint density at radius 2 is 2.00 bits per heavy atom. The van der Waals surface area contributed by atoms with E-state index in [9.17, 15) is 12.8 Å². The molecule has 2 aromatic carbocycles. The summed E-state index contributed by atoms with van der Waals surface area (Å²) in [6.45, 7) is 0.758. The fourth-order valence-corrected chi connectivity index (χ4v) is 6.38. The lowest BCUT2D eigenvalue weighted by atomic mass is 10.2. The van der Waals surface area contributed by atoms with Crippen molar-refractivity contribution in [2.75, 3.05) is 17.9 Å². The largest absolute Gasteiger partial charge is 0.320 e. The SMILES string of the molecule is CNCCCC1Sc2ccccc2N(c2cccc(F)c2)S1(=O)=O. The van der Waals surface area contributed by atoms with Gasteiger partial charge in [0, 0.05) is 4.90 Å². The van der Waals surface area contributed by atoms with E-state index in [1.807, 2.05) is 19.2 Å². The molecule has 24 heavy (non-hydrogen) atoms. The molecular weight excluding hydrogens is 347 g/mol. The molecule has 1 heterocycles. The number of nitrogens with zero attached hydrogens (tertiary/aromatic N) is 1. The molecule has 0 saturated carbocycles. The highest BCUT2D eigenvalue weighted by atomic mass is 32.3. The summed E-state index contributed by atoms with van der Waals surface area (Å²) in [5.41, 5.74) is 0.916. The van der Waals surface area contributed by atoms with Gasteiger partial charge in [-0.15, -0.1) is 11.8 Å². The molecule has 0 radical (unpaired) electrons. The highest BCUT2D eigenvalue weighted by molar-refractivity contribution is 8.14. The van der Waals surface area contributed by atoms with Crippen LogP contribution in [0, 0.1) is 5.82 Å². The van der Waals surface area contributed by atoms with E-state index in [-0.39, 0.29) is 0 Å². The third-order valence-electron chi connectivity index (χ3n) is 3.84. The van der Waals surface area contributed by atoms with Crippen LogP contribution in [0.2, 0.25) is 0 Å². The van der Waals surface area contributed by atoms with Crippen molar-refractivity contribution in [2.24, 2.45) is 0 Å². The molecule has 2 aromatic rings. The lowest BCUT2D eigenvalue weighted by Crippen LogP contribution is -2.37. The minimum atomic E-state index is -3.63. The summed E-state index contributed by atoms with van der Waals surface area (Å²) in [6, 6.07) is 13.1. The molecule has 128 valence electrons. The molecule has 4 nitrogen and oxygen atoms in total. The standard InChI is InChI=1S/C17H19FN2O2S2/c1-19-11-5-10-17-23-16-9-3-2-8-15(16)20(24(17,21)22)14-7-4-6-13(18)12-14/h2-4,6-9,12,17,19H,5,10-11H2,1H3. The van der Waals surface area contributed by atoms with Gasteiger partial charge in [0.15, 0.2) is 0 Å². The summed E-state index contributed by atoms with van der Waals surface area (Å²) in [7, 11) is -1.78. The number of nitrogens with one attached hydrogen (secondary N) is 1. The Labute approximate surface area is 146 Å². The summed E-state index contributed by atoms with van der Waals surface area (Å²) >= 11 is 1.37. The third-order valence-corrected chi connectivity index (χ3v) is 7.77. The molecule has 7 heteroatoms. The second kappa shape index (κ2) is 7.13. The third kappa shape index (κ3) is 3.29. The van der Waals surface area contributed by atoms with Gasteiger partial charge >= 0.3 is 0 Å². The van der Waals surface area contributed by atoms with E-state index < -0.39 is 20.4 Å². The van der Waals surface area contributed by atoms with Gasteiger partial charge in [0.25, 0.3) is 10.0 Å². The van der Waals surface area contributed by atoms with E-state index in [4.69, 9.17) is 0 Å². The zero-order chi connectivity index (χ0) is 17.2. The average Bonchev–Trinajstić information content (AvgIpc) is 2.55. The molecule has 1 aliphatic heterocycles. The average molecular weight is 366 g/mol. The predicted molar refractivity (Wildman–Crippen MR) is 96.7 cm³/mol. The second-order valence-electron chi connectivity index (χ2n) is 5.55. The smallest absolute Gasteiger partial charge is 0.252 e. The lowest BCUT2D eigenvalue weighted by Gasteiger charge is -2.35. The van der Waals surface area contributed by atoms with Crippen molar-refractivity contribution in [1.29, 1.82) is 0 Å². The van der Waals surface area contributed by atoms with Crippen LogP contribution in [-0.2, 0) is 10.0 Å². The van der Waals surface area contributed by atoms with Crippen molar-refractivity contribution in [3.63, 3.8) is 0 Å². The number of hydrogen-bond acceptors (Lipinski definition) is 4. The van der Waals surface area contributed by atoms with Crippen LogP contribution in [-0.4, -0.2) is 26.6 Å². The summed E-state index contributed by atoms with van der Waals surface area (Å²) in [5, 5.41) is 3.04. The van der Waals surface area contributed by atoms with Gasteiger partial charge in [-0.2, -0.15) is 0 Å². The highest BCUT2D eigenvalue weighted by Gasteiger charge is 2.39. The van der Waals surface area contributed by atoms with Gasteiger partial charge in [-0.25, -0.2) is 17.1 Å². The first-order valence-electron chi connectivity index (χ1n) is 7.74. The van der Waals surface area contributed by atoms with Crippen molar-refractivity contribution in [2.45, 2.75) is 22.3 Å². The highest BCUT2D eigenvalue weighted by Crippen LogP contribution is 2.47. The number of sulfonamides is 1. The van der Waals surface area contributed by atoms with Crippen LogP contribution in [0.3, 0.4) is 0 Å². The Morgan fingerprint density at radius 3 is 2.75 bits per heavy atom. The van der Waals surface area contributed by atoms with E-state index in [1.165, 1.54) is 34.3 Å². The van der Waals surface area contributed by atoms with Gasteiger partial charge in [0.05, 0.1) is 11.4 Å². The molecule has 1 aliphatic rings. The van der Waals surface area contributed by atoms with Crippen LogP contribution in [0.15, 0.2) is 53.4 Å². The first-order chi connectivity index (χ1) is 11.5. The van der Waals surface area contributed by atoms with Crippen LogP contribution >= 0.6 is 11.8 Å². The van der Waals surface area contributed by atoms with E-state index in [2.05, 4.69) is 5.32 Å². The Bertz CT molecular complexity index is 827. The fourth-order valence-electron chi connectivity index (χ4n) is 2.72. The van der Waals surface area contributed by atoms with Crippen molar-refractivity contribution in [1.82, 2.24) is 5.32 Å². The van der Waals surface area contributed by atoms with Crippen molar-refractivity contribution in [3.8, 4) is 0 Å². The first-order valence-corrected chi connectivity index (χ1v) is 10.1. The zero-order valence-electron chi connectivity index (χ0n) is 13.3. The summed E-state index contributed by atoms with van der Waals surface area (Å²) < 4.78 is 40.7. The topological polar surface area (TPSA) is 49.4 Å². The Balaban J connectivity index is 2.07. The predicted octanol–water partition coefficient (Wildman–Crippen LogP) is 3.73. The molecule has 0 bridgehead atoms. The number of para-hydroxylation sites is 1. The molecule has 0 aliphatic carbocycles. The molecule has 0 saturated heterocycles. The van der Waals surface area contributed by atoms with Crippen molar-refractivity contribution in [3.05, 3.63) is 54.3 Å². The molecule has 0 spiro atoms. The zero-order valence-corrected chi connectivity index (χ0v) is 14.9. The maximum atomic E-state index is 13.7. The van der Waals surface area contributed by atoms with Crippen molar-refractivity contribution < 1.29 is 12.8 Å². The van der Waals surface area contributed by atoms with E-state index in [0.29, 0.717) is 17.8 Å². The first kappa shape index (κ1) is 17.3. The molecule has 0 amide bonds. The quantitative estimate of drug-likeness (QED) is 0.820. The Morgan fingerprint density at radius 1 is 1.21 bits per heavy atom. The lowest BCUT2D eigenvalue weighted by molar-refractivity contribution is 0.584. The molecule has 1 N–H and O–H groups in total. The summed E-state index contributed by atoms with van der Waals surface area (Å²) in [6.07, 6.45) is 1.29. The van der Waals surface area contributed by atoms with Gasteiger partial charge in [0.2, 0.25) is 0 Å². The monoisotopic (exact) mass is 366 g/mol. The number of anilines is 2. The van der Waals surface area contributed by atoms with E-state index in [0.717, 1.165) is 17.9 Å². The summed E-state index contributed by atoms with van der Waals surface area (Å²) in [4.78, 5) is 0.894. The number of rotatable bonds is 5. The van der Waals surface area contributed by atoms with E-state index in [1.54, 1.807) is 18.2 Å². The number of thioether (sulfide) groups is 1. The molecule has 1 atom stereocenters. The van der Waals surface area contributed by atoms with Crippen LogP contribution in [0.5, 0.6) is 0 Å². The molecular formula is C17H19FN2O2S2. The second-order valence-corrected chi connectivity index (χ2v) is 9.06. The van der Waals surface area contributed by atoms with Gasteiger partial charge < -0.3 is 5.32 Å². The van der Waals surface area contributed by atoms with Crippen LogP contribution in [0.1, 0.15) is 12.8 Å². The van der Waals surface area contributed by atoms with Crippen LogP contribution < -0.4 is 9.62 Å². The molecule has 0 fully saturated rings. The van der Waals surface area contributed by atoms with Crippen LogP contribution in [0.4, 0.5) is 15.8 Å². The van der Waals surface area contributed by atoms with Crippen LogP contribution in [0.25, 0.3) is 0 Å².